The molecule has 1 aliphatic carbocycles. The van der Waals surface area contributed by atoms with Crippen LogP contribution in [0.2, 0.25) is 0 Å². The van der Waals surface area contributed by atoms with E-state index in [0.29, 0.717) is 5.54 Å². The first kappa shape index (κ1) is 13.1. The van der Waals surface area contributed by atoms with E-state index >= 15 is 0 Å². The van der Waals surface area contributed by atoms with E-state index in [9.17, 15) is 0 Å². The van der Waals surface area contributed by atoms with Crippen molar-refractivity contribution in [3.05, 3.63) is 17.5 Å². The number of piperazine rings is 1. The van der Waals surface area contributed by atoms with Gasteiger partial charge >= 0.3 is 0 Å². The summed E-state index contributed by atoms with van der Waals surface area (Å²) in [5.41, 5.74) is 2.89. The molecule has 2 aliphatic rings. The third-order valence-corrected chi connectivity index (χ3v) is 4.92. The number of nitrogens with one attached hydrogen (secondary N) is 1. The van der Waals surface area contributed by atoms with Crippen molar-refractivity contribution in [1.82, 2.24) is 20.0 Å². The summed E-state index contributed by atoms with van der Waals surface area (Å²) in [6.07, 6.45) is 6.92. The molecule has 1 aliphatic heterocycles. The minimum Gasteiger partial charge on any atom is -0.314 e. The van der Waals surface area contributed by atoms with Gasteiger partial charge in [0.25, 0.3) is 0 Å². The standard InChI is InChI=1S/C15H26N4/c1-13-10-14(18(2)17-13)11-19-9-8-16-12-15(19)6-4-3-5-7-15/h10,16H,3-9,11-12H2,1-2H3. The quantitative estimate of drug-likeness (QED) is 0.883. The van der Waals surface area contributed by atoms with Gasteiger partial charge in [-0.25, -0.2) is 0 Å². The summed E-state index contributed by atoms with van der Waals surface area (Å²) in [6.45, 7) is 6.60. The molecule has 1 N–H and O–H groups in total. The summed E-state index contributed by atoms with van der Waals surface area (Å²) in [4.78, 5) is 2.72. The molecule has 1 saturated carbocycles. The molecule has 3 rings (SSSR count). The van der Waals surface area contributed by atoms with Crippen LogP contribution in [0.4, 0.5) is 0 Å². The molecule has 2 heterocycles. The maximum Gasteiger partial charge on any atom is 0.0597 e. The van der Waals surface area contributed by atoms with Gasteiger partial charge < -0.3 is 5.32 Å². The van der Waals surface area contributed by atoms with Crippen LogP contribution in [0.3, 0.4) is 0 Å². The molecule has 106 valence electrons. The molecular weight excluding hydrogens is 236 g/mol. The lowest BCUT2D eigenvalue weighted by Gasteiger charge is -2.50. The van der Waals surface area contributed by atoms with E-state index in [2.05, 4.69) is 35.4 Å². The number of hydrogen-bond acceptors (Lipinski definition) is 3. The summed E-state index contributed by atoms with van der Waals surface area (Å²) in [6, 6.07) is 2.23. The Morgan fingerprint density at radius 2 is 2.11 bits per heavy atom. The molecule has 2 fully saturated rings. The molecule has 1 aromatic heterocycles. The fraction of sp³-hybridized carbons (Fsp3) is 0.800. The minimum atomic E-state index is 0.411. The Kier molecular flexibility index (Phi) is 3.63. The Labute approximate surface area is 116 Å². The smallest absolute Gasteiger partial charge is 0.0597 e. The van der Waals surface area contributed by atoms with Crippen molar-refractivity contribution in [2.45, 2.75) is 51.1 Å². The van der Waals surface area contributed by atoms with Crippen molar-refractivity contribution < 1.29 is 0 Å². The summed E-state index contributed by atoms with van der Waals surface area (Å²) in [5, 5.41) is 8.10. The van der Waals surface area contributed by atoms with Gasteiger partial charge in [0.15, 0.2) is 0 Å². The van der Waals surface area contributed by atoms with Crippen molar-refractivity contribution in [2.75, 3.05) is 19.6 Å². The van der Waals surface area contributed by atoms with E-state index in [1.165, 1.54) is 50.9 Å². The summed E-state index contributed by atoms with van der Waals surface area (Å²) >= 11 is 0. The predicted octanol–water partition coefficient (Wildman–Crippen LogP) is 1.84. The van der Waals surface area contributed by atoms with Gasteiger partial charge in [0.05, 0.1) is 11.4 Å². The molecule has 0 bridgehead atoms. The zero-order chi connectivity index (χ0) is 13.3. The molecule has 0 radical (unpaired) electrons. The van der Waals surface area contributed by atoms with Crippen LogP contribution in [0, 0.1) is 6.92 Å². The highest BCUT2D eigenvalue weighted by Gasteiger charge is 2.39. The van der Waals surface area contributed by atoms with Crippen molar-refractivity contribution in [3.63, 3.8) is 0 Å². The van der Waals surface area contributed by atoms with Gasteiger partial charge in [0.1, 0.15) is 0 Å². The van der Waals surface area contributed by atoms with E-state index in [1.54, 1.807) is 0 Å². The average molecular weight is 262 g/mol. The third kappa shape index (κ3) is 2.56. The first-order chi connectivity index (χ1) is 9.20. The highest BCUT2D eigenvalue weighted by molar-refractivity contribution is 5.10. The Bertz CT molecular complexity index is 423. The number of rotatable bonds is 2. The number of nitrogens with zero attached hydrogens (tertiary/aromatic N) is 3. The lowest BCUT2D eigenvalue weighted by molar-refractivity contribution is 0.0191. The summed E-state index contributed by atoms with van der Waals surface area (Å²) in [7, 11) is 2.07. The van der Waals surface area contributed by atoms with Crippen LogP contribution >= 0.6 is 0 Å². The second-order valence-electron chi connectivity index (χ2n) is 6.28. The molecule has 19 heavy (non-hydrogen) atoms. The van der Waals surface area contributed by atoms with Crippen molar-refractivity contribution in [2.24, 2.45) is 7.05 Å². The number of hydrogen-bond donors (Lipinski definition) is 1. The fourth-order valence-electron chi connectivity index (χ4n) is 3.84. The number of aryl methyl sites for hydroxylation is 2. The molecule has 1 saturated heterocycles. The predicted molar refractivity (Wildman–Crippen MR) is 77.0 cm³/mol. The lowest BCUT2D eigenvalue weighted by atomic mass is 9.79. The molecule has 0 aromatic carbocycles. The number of aromatic nitrogens is 2. The SMILES string of the molecule is Cc1cc(CN2CCNCC23CCCCC3)n(C)n1. The van der Waals surface area contributed by atoms with Crippen molar-refractivity contribution >= 4 is 0 Å². The normalized spacial score (nSPS) is 23.9. The van der Waals surface area contributed by atoms with Gasteiger partial charge in [-0.15, -0.1) is 0 Å². The van der Waals surface area contributed by atoms with Crippen molar-refractivity contribution in [1.29, 1.82) is 0 Å². The molecule has 0 atom stereocenters. The highest BCUT2D eigenvalue weighted by Crippen LogP contribution is 2.35. The van der Waals surface area contributed by atoms with Gasteiger partial charge in [-0.2, -0.15) is 5.10 Å². The first-order valence-corrected chi connectivity index (χ1v) is 7.65. The van der Waals surface area contributed by atoms with Crippen LogP contribution in [-0.4, -0.2) is 39.9 Å². The van der Waals surface area contributed by atoms with Gasteiger partial charge in [-0.05, 0) is 25.8 Å². The van der Waals surface area contributed by atoms with Crippen LogP contribution in [0.1, 0.15) is 43.5 Å². The van der Waals surface area contributed by atoms with Crippen LogP contribution in [0.25, 0.3) is 0 Å². The molecule has 0 amide bonds. The largest absolute Gasteiger partial charge is 0.314 e. The Balaban J connectivity index is 1.78. The topological polar surface area (TPSA) is 33.1 Å². The Morgan fingerprint density at radius 1 is 1.32 bits per heavy atom. The molecule has 0 unspecified atom stereocenters. The van der Waals surface area contributed by atoms with E-state index in [4.69, 9.17) is 0 Å². The van der Waals surface area contributed by atoms with E-state index in [0.717, 1.165) is 18.8 Å². The van der Waals surface area contributed by atoms with E-state index in [-0.39, 0.29) is 0 Å². The molecular formula is C15H26N4. The van der Waals surface area contributed by atoms with Crippen LogP contribution in [0.5, 0.6) is 0 Å². The molecule has 4 nitrogen and oxygen atoms in total. The maximum absolute atomic E-state index is 4.48. The Hall–Kier alpha value is -0.870. The summed E-state index contributed by atoms with van der Waals surface area (Å²) in [5.74, 6) is 0. The van der Waals surface area contributed by atoms with Gasteiger partial charge in [0, 0.05) is 38.8 Å². The maximum atomic E-state index is 4.48. The molecule has 1 aromatic rings. The van der Waals surface area contributed by atoms with Crippen molar-refractivity contribution in [3.8, 4) is 0 Å². The zero-order valence-electron chi connectivity index (χ0n) is 12.3. The first-order valence-electron chi connectivity index (χ1n) is 7.65. The molecule has 1 spiro atoms. The Morgan fingerprint density at radius 3 is 2.79 bits per heavy atom. The van der Waals surface area contributed by atoms with Gasteiger partial charge in [-0.1, -0.05) is 19.3 Å². The highest BCUT2D eigenvalue weighted by atomic mass is 15.3. The monoisotopic (exact) mass is 262 g/mol. The van der Waals surface area contributed by atoms with E-state index < -0.39 is 0 Å². The van der Waals surface area contributed by atoms with Gasteiger partial charge in [0.2, 0.25) is 0 Å². The van der Waals surface area contributed by atoms with E-state index in [1.807, 2.05) is 4.68 Å². The van der Waals surface area contributed by atoms with Crippen LogP contribution in [0.15, 0.2) is 6.07 Å². The van der Waals surface area contributed by atoms with Crippen LogP contribution in [-0.2, 0) is 13.6 Å². The average Bonchev–Trinajstić information content (AvgIpc) is 2.72. The second kappa shape index (κ2) is 5.25. The van der Waals surface area contributed by atoms with Crippen LogP contribution < -0.4 is 5.32 Å². The molecule has 4 heteroatoms. The lowest BCUT2D eigenvalue weighted by Crippen LogP contribution is -2.61. The summed E-state index contributed by atoms with van der Waals surface area (Å²) < 4.78 is 2.05. The third-order valence-electron chi connectivity index (χ3n) is 4.92. The second-order valence-corrected chi connectivity index (χ2v) is 6.28. The van der Waals surface area contributed by atoms with Gasteiger partial charge in [-0.3, -0.25) is 9.58 Å². The fourth-order valence-corrected chi connectivity index (χ4v) is 3.84. The zero-order valence-corrected chi connectivity index (χ0v) is 12.3. The minimum absolute atomic E-state index is 0.411.